The molecule has 0 atom stereocenters. The summed E-state index contributed by atoms with van der Waals surface area (Å²) < 4.78 is 12.7. The molecule has 2 rings (SSSR count). The number of aryl methyl sites for hydroxylation is 1. The summed E-state index contributed by atoms with van der Waals surface area (Å²) in [4.78, 5) is 0. The molecule has 0 fully saturated rings. The van der Waals surface area contributed by atoms with Gasteiger partial charge in [0.15, 0.2) is 5.82 Å². The molecule has 0 saturated carbocycles. The van der Waals surface area contributed by atoms with Gasteiger partial charge in [0.1, 0.15) is 11.5 Å². The van der Waals surface area contributed by atoms with Gasteiger partial charge < -0.3 is 9.47 Å². The van der Waals surface area contributed by atoms with E-state index in [-0.39, 0.29) is 0 Å². The van der Waals surface area contributed by atoms with Gasteiger partial charge in [-0.25, -0.2) is 4.68 Å². The Bertz CT molecular complexity index is 545. The maximum Gasteiger partial charge on any atom is 0.161 e. The van der Waals surface area contributed by atoms with Gasteiger partial charge in [-0.1, -0.05) is 13.3 Å². The van der Waals surface area contributed by atoms with E-state index in [0.29, 0.717) is 6.61 Å². The predicted molar refractivity (Wildman–Crippen MR) is 87.4 cm³/mol. The average molecular weight is 322 g/mol. The largest absolute Gasteiger partial charge is 0.497 e. The number of unbranched alkanes of at least 4 members (excludes halogenated alkanes) is 1. The minimum atomic E-state index is 0.660. The number of ether oxygens (including phenoxy) is 2. The van der Waals surface area contributed by atoms with Crippen LogP contribution in [-0.2, 0) is 12.3 Å². The van der Waals surface area contributed by atoms with Gasteiger partial charge in [-0.3, -0.25) is 0 Å². The van der Waals surface area contributed by atoms with Crippen LogP contribution in [0.15, 0.2) is 24.3 Å². The lowest BCUT2D eigenvalue weighted by Crippen LogP contribution is -2.06. The second kappa shape index (κ2) is 9.30. The van der Waals surface area contributed by atoms with Crippen LogP contribution in [0.3, 0.4) is 0 Å². The molecule has 0 unspecified atom stereocenters. The molecule has 0 spiro atoms. The summed E-state index contributed by atoms with van der Waals surface area (Å²) in [6.45, 7) is 3.71. The molecule has 22 heavy (non-hydrogen) atoms. The van der Waals surface area contributed by atoms with Crippen LogP contribution in [0, 0.1) is 0 Å². The Morgan fingerprint density at radius 1 is 1.18 bits per heavy atom. The first-order chi connectivity index (χ1) is 10.8. The van der Waals surface area contributed by atoms with Gasteiger partial charge in [0, 0.05) is 12.3 Å². The normalized spacial score (nSPS) is 10.6. The zero-order chi connectivity index (χ0) is 15.6. The first kappa shape index (κ1) is 16.6. The van der Waals surface area contributed by atoms with Crippen LogP contribution in [0.2, 0.25) is 0 Å². The van der Waals surface area contributed by atoms with Crippen molar-refractivity contribution in [3.05, 3.63) is 30.1 Å². The molecule has 7 heteroatoms. The molecule has 1 heterocycles. The van der Waals surface area contributed by atoms with Crippen LogP contribution in [0.25, 0.3) is 0 Å². The summed E-state index contributed by atoms with van der Waals surface area (Å²) in [5.41, 5.74) is 0. The highest BCUT2D eigenvalue weighted by molar-refractivity contribution is 7.98. The van der Waals surface area contributed by atoms with Crippen LogP contribution in [0.4, 0.5) is 0 Å². The minimum absolute atomic E-state index is 0.660. The number of aromatic nitrogens is 4. The number of nitrogens with zero attached hydrogens (tertiary/aromatic N) is 4. The quantitative estimate of drug-likeness (QED) is 0.627. The third-order valence-corrected chi connectivity index (χ3v) is 4.03. The molecule has 0 aliphatic rings. The summed E-state index contributed by atoms with van der Waals surface area (Å²) in [5.74, 6) is 4.33. The molecule has 0 N–H and O–H groups in total. The Labute approximate surface area is 135 Å². The van der Waals surface area contributed by atoms with Crippen molar-refractivity contribution in [1.29, 1.82) is 0 Å². The number of thioether (sulfide) groups is 1. The van der Waals surface area contributed by atoms with E-state index in [0.717, 1.165) is 48.2 Å². The Morgan fingerprint density at radius 2 is 1.95 bits per heavy atom. The summed E-state index contributed by atoms with van der Waals surface area (Å²) in [7, 11) is 1.65. The number of rotatable bonds is 10. The Balaban J connectivity index is 1.65. The second-order valence-electron chi connectivity index (χ2n) is 4.75. The van der Waals surface area contributed by atoms with Crippen molar-refractivity contribution in [3.8, 4) is 11.5 Å². The maximum absolute atomic E-state index is 5.69. The van der Waals surface area contributed by atoms with E-state index in [4.69, 9.17) is 9.47 Å². The van der Waals surface area contributed by atoms with Crippen LogP contribution < -0.4 is 9.47 Å². The lowest BCUT2D eigenvalue weighted by atomic mass is 10.3. The third kappa shape index (κ3) is 5.22. The summed E-state index contributed by atoms with van der Waals surface area (Å²) in [6, 6.07) is 7.61. The van der Waals surface area contributed by atoms with E-state index in [1.54, 1.807) is 18.9 Å². The SMILES string of the molecule is CCCCn1nnnc1CSCCOc1ccc(OC)cc1. The highest BCUT2D eigenvalue weighted by Gasteiger charge is 2.05. The van der Waals surface area contributed by atoms with Gasteiger partial charge in [-0.15, -0.1) is 5.10 Å². The first-order valence-electron chi connectivity index (χ1n) is 7.43. The molecule has 2 aromatic rings. The lowest BCUT2D eigenvalue weighted by Gasteiger charge is -2.07. The molecule has 1 aromatic heterocycles. The summed E-state index contributed by atoms with van der Waals surface area (Å²) >= 11 is 1.77. The highest BCUT2D eigenvalue weighted by atomic mass is 32.2. The first-order valence-corrected chi connectivity index (χ1v) is 8.58. The molecule has 0 aliphatic heterocycles. The van der Waals surface area contributed by atoms with Crippen molar-refractivity contribution in [2.24, 2.45) is 0 Å². The van der Waals surface area contributed by atoms with Crippen LogP contribution in [-0.4, -0.2) is 39.7 Å². The van der Waals surface area contributed by atoms with E-state index in [1.165, 1.54) is 0 Å². The average Bonchev–Trinajstić information content (AvgIpc) is 3.00. The van der Waals surface area contributed by atoms with Gasteiger partial charge in [0.2, 0.25) is 0 Å². The highest BCUT2D eigenvalue weighted by Crippen LogP contribution is 2.17. The van der Waals surface area contributed by atoms with E-state index in [2.05, 4.69) is 22.4 Å². The Kier molecular flexibility index (Phi) is 7.02. The maximum atomic E-state index is 5.69. The predicted octanol–water partition coefficient (Wildman–Crippen LogP) is 2.79. The molecular formula is C15H22N4O2S. The fourth-order valence-corrected chi connectivity index (χ4v) is 2.60. The molecule has 1 aromatic carbocycles. The smallest absolute Gasteiger partial charge is 0.161 e. The minimum Gasteiger partial charge on any atom is -0.497 e. The molecule has 6 nitrogen and oxygen atoms in total. The number of hydrogen-bond acceptors (Lipinski definition) is 6. The number of hydrogen-bond donors (Lipinski definition) is 0. The van der Waals surface area contributed by atoms with Gasteiger partial charge in [-0.05, 0) is 41.1 Å². The van der Waals surface area contributed by atoms with Gasteiger partial charge >= 0.3 is 0 Å². The topological polar surface area (TPSA) is 62.1 Å². The molecular weight excluding hydrogens is 300 g/mol. The second-order valence-corrected chi connectivity index (χ2v) is 5.85. The van der Waals surface area contributed by atoms with Crippen LogP contribution >= 0.6 is 11.8 Å². The third-order valence-electron chi connectivity index (χ3n) is 3.12. The molecule has 0 radical (unpaired) electrons. The van der Waals surface area contributed by atoms with Crippen LogP contribution in [0.1, 0.15) is 25.6 Å². The van der Waals surface area contributed by atoms with Crippen LogP contribution in [0.5, 0.6) is 11.5 Å². The Hall–Kier alpha value is -1.76. The van der Waals surface area contributed by atoms with Crippen molar-refractivity contribution in [1.82, 2.24) is 20.2 Å². The zero-order valence-corrected chi connectivity index (χ0v) is 13.9. The molecule has 0 aliphatic carbocycles. The number of tetrazole rings is 1. The number of methoxy groups -OCH3 is 1. The van der Waals surface area contributed by atoms with E-state index < -0.39 is 0 Å². The Morgan fingerprint density at radius 3 is 2.68 bits per heavy atom. The fraction of sp³-hybridized carbons (Fsp3) is 0.533. The van der Waals surface area contributed by atoms with Crippen molar-refractivity contribution in [3.63, 3.8) is 0 Å². The van der Waals surface area contributed by atoms with Crippen molar-refractivity contribution in [2.45, 2.75) is 32.1 Å². The molecule has 120 valence electrons. The molecule has 0 amide bonds. The van der Waals surface area contributed by atoms with Gasteiger partial charge in [-0.2, -0.15) is 11.8 Å². The standard InChI is InChI=1S/C15H22N4O2S/c1-3-4-9-19-15(16-17-18-19)12-22-11-10-21-14-7-5-13(20-2)6-8-14/h5-8H,3-4,9-12H2,1-2H3. The van der Waals surface area contributed by atoms with Gasteiger partial charge in [0.25, 0.3) is 0 Å². The van der Waals surface area contributed by atoms with E-state index >= 15 is 0 Å². The molecule has 0 bridgehead atoms. The summed E-state index contributed by atoms with van der Waals surface area (Å²) in [6.07, 6.45) is 2.24. The fourth-order valence-electron chi connectivity index (χ4n) is 1.86. The molecule has 0 saturated heterocycles. The van der Waals surface area contributed by atoms with E-state index in [1.807, 2.05) is 28.9 Å². The zero-order valence-electron chi connectivity index (χ0n) is 13.1. The lowest BCUT2D eigenvalue weighted by molar-refractivity contribution is 0.342. The summed E-state index contributed by atoms with van der Waals surface area (Å²) in [5, 5.41) is 11.8. The van der Waals surface area contributed by atoms with Gasteiger partial charge in [0.05, 0.1) is 19.5 Å². The van der Waals surface area contributed by atoms with Crippen molar-refractivity contribution in [2.75, 3.05) is 19.5 Å². The van der Waals surface area contributed by atoms with Crippen molar-refractivity contribution < 1.29 is 9.47 Å². The van der Waals surface area contributed by atoms with Crippen molar-refractivity contribution >= 4 is 11.8 Å². The monoisotopic (exact) mass is 322 g/mol. The van der Waals surface area contributed by atoms with E-state index in [9.17, 15) is 0 Å². The number of benzene rings is 1.